The van der Waals surface area contributed by atoms with Crippen LogP contribution in [0.2, 0.25) is 5.02 Å². The van der Waals surface area contributed by atoms with Gasteiger partial charge >= 0.3 is 0 Å². The molecular formula is C14H21ClIN3O. The van der Waals surface area contributed by atoms with E-state index < -0.39 is 0 Å². The fourth-order valence-corrected chi connectivity index (χ4v) is 2.37. The summed E-state index contributed by atoms with van der Waals surface area (Å²) in [6.07, 6.45) is 0.566. The minimum Gasteiger partial charge on any atom is -0.391 e. The zero-order valence-electron chi connectivity index (χ0n) is 11.6. The molecule has 0 radical (unpaired) electrons. The van der Waals surface area contributed by atoms with Gasteiger partial charge in [-0.3, -0.25) is 0 Å². The van der Waals surface area contributed by atoms with Crippen molar-refractivity contribution in [3.63, 3.8) is 0 Å². The molecule has 20 heavy (non-hydrogen) atoms. The number of benzene rings is 1. The average molecular weight is 410 g/mol. The number of β-amino-alcohol motifs (C(OH)–C–C–N with tert-alkyl or cyclic N) is 1. The molecule has 0 aromatic heterocycles. The van der Waals surface area contributed by atoms with Crippen LogP contribution >= 0.6 is 35.6 Å². The number of guanidine groups is 1. The Morgan fingerprint density at radius 2 is 2.35 bits per heavy atom. The van der Waals surface area contributed by atoms with Gasteiger partial charge in [-0.2, -0.15) is 0 Å². The highest BCUT2D eigenvalue weighted by Gasteiger charge is 2.22. The molecule has 0 aliphatic carbocycles. The summed E-state index contributed by atoms with van der Waals surface area (Å²) >= 11 is 5.96. The van der Waals surface area contributed by atoms with Crippen molar-refractivity contribution in [3.8, 4) is 0 Å². The molecule has 1 atom stereocenters. The summed E-state index contributed by atoms with van der Waals surface area (Å²) in [5.74, 6) is 0.860. The third-order valence-electron chi connectivity index (χ3n) is 3.10. The van der Waals surface area contributed by atoms with Gasteiger partial charge < -0.3 is 15.3 Å². The van der Waals surface area contributed by atoms with Crippen LogP contribution in [-0.2, 0) is 6.54 Å². The van der Waals surface area contributed by atoms with Crippen LogP contribution < -0.4 is 5.32 Å². The molecule has 1 aliphatic rings. The lowest BCUT2D eigenvalue weighted by atomic mass is 10.2. The molecule has 0 spiro atoms. The average Bonchev–Trinajstić information content (AvgIpc) is 2.81. The Balaban J connectivity index is 0.00000200. The third-order valence-corrected chi connectivity index (χ3v) is 3.33. The van der Waals surface area contributed by atoms with Gasteiger partial charge in [0.15, 0.2) is 5.96 Å². The molecule has 112 valence electrons. The Kier molecular flexibility index (Phi) is 7.61. The number of likely N-dealkylation sites (tertiary alicyclic amines) is 1. The first-order valence-electron chi connectivity index (χ1n) is 6.65. The number of aliphatic hydroxyl groups excluding tert-OH is 1. The normalized spacial score (nSPS) is 18.9. The van der Waals surface area contributed by atoms with E-state index in [1.807, 2.05) is 31.2 Å². The second-order valence-corrected chi connectivity index (χ2v) is 5.13. The Morgan fingerprint density at radius 1 is 1.55 bits per heavy atom. The maximum Gasteiger partial charge on any atom is 0.194 e. The van der Waals surface area contributed by atoms with Crippen molar-refractivity contribution < 1.29 is 5.11 Å². The molecule has 1 aromatic carbocycles. The summed E-state index contributed by atoms with van der Waals surface area (Å²) < 4.78 is 0. The molecule has 1 saturated heterocycles. The van der Waals surface area contributed by atoms with E-state index in [0.29, 0.717) is 13.1 Å². The van der Waals surface area contributed by atoms with Crippen LogP contribution in [0, 0.1) is 0 Å². The van der Waals surface area contributed by atoms with Crippen molar-refractivity contribution in [1.29, 1.82) is 0 Å². The first kappa shape index (κ1) is 17.5. The molecule has 2 N–H and O–H groups in total. The van der Waals surface area contributed by atoms with Gasteiger partial charge in [0.25, 0.3) is 0 Å². The Bertz CT molecular complexity index is 456. The van der Waals surface area contributed by atoms with E-state index in [2.05, 4.69) is 15.2 Å². The maximum absolute atomic E-state index is 9.60. The third kappa shape index (κ3) is 5.10. The molecule has 2 rings (SSSR count). The van der Waals surface area contributed by atoms with Crippen molar-refractivity contribution >= 4 is 41.5 Å². The zero-order valence-corrected chi connectivity index (χ0v) is 14.6. The van der Waals surface area contributed by atoms with Gasteiger partial charge in [0.1, 0.15) is 0 Å². The molecule has 0 amide bonds. The summed E-state index contributed by atoms with van der Waals surface area (Å²) in [5, 5.41) is 13.6. The zero-order chi connectivity index (χ0) is 13.7. The number of aliphatic hydroxyl groups is 1. The first-order valence-corrected chi connectivity index (χ1v) is 7.02. The number of hydrogen-bond donors (Lipinski definition) is 2. The first-order chi connectivity index (χ1) is 9.19. The Hall–Kier alpha value is -0.530. The lowest BCUT2D eigenvalue weighted by molar-refractivity contribution is 0.188. The molecule has 1 fully saturated rings. The number of hydrogen-bond acceptors (Lipinski definition) is 2. The highest BCUT2D eigenvalue weighted by atomic mass is 127. The fourth-order valence-electron chi connectivity index (χ4n) is 2.16. The molecule has 0 bridgehead atoms. The highest BCUT2D eigenvalue weighted by Crippen LogP contribution is 2.13. The van der Waals surface area contributed by atoms with E-state index >= 15 is 0 Å². The van der Waals surface area contributed by atoms with Crippen molar-refractivity contribution in [3.05, 3.63) is 34.9 Å². The SMILES string of the molecule is CCNC(=NCc1cccc(Cl)c1)N1CC[C@@H](O)C1.I. The molecular weight excluding hydrogens is 389 g/mol. The molecule has 1 aromatic rings. The van der Waals surface area contributed by atoms with Gasteiger partial charge in [-0.05, 0) is 31.0 Å². The largest absolute Gasteiger partial charge is 0.391 e. The quantitative estimate of drug-likeness (QED) is 0.458. The molecule has 1 aliphatic heterocycles. The van der Waals surface area contributed by atoms with Crippen LogP contribution in [0.5, 0.6) is 0 Å². The van der Waals surface area contributed by atoms with Crippen molar-refractivity contribution in [1.82, 2.24) is 10.2 Å². The van der Waals surface area contributed by atoms with Crippen molar-refractivity contribution in [2.24, 2.45) is 4.99 Å². The molecule has 0 unspecified atom stereocenters. The topological polar surface area (TPSA) is 47.9 Å². The van der Waals surface area contributed by atoms with Gasteiger partial charge in [0.2, 0.25) is 0 Å². The van der Waals surface area contributed by atoms with Crippen molar-refractivity contribution in [2.75, 3.05) is 19.6 Å². The lowest BCUT2D eigenvalue weighted by Gasteiger charge is -2.20. The fraction of sp³-hybridized carbons (Fsp3) is 0.500. The molecule has 1 heterocycles. The van der Waals surface area contributed by atoms with Gasteiger partial charge in [0.05, 0.1) is 12.6 Å². The van der Waals surface area contributed by atoms with E-state index in [9.17, 15) is 5.11 Å². The van der Waals surface area contributed by atoms with Gasteiger partial charge in [-0.1, -0.05) is 23.7 Å². The summed E-state index contributed by atoms with van der Waals surface area (Å²) in [6, 6.07) is 7.72. The van der Waals surface area contributed by atoms with Crippen LogP contribution in [0.15, 0.2) is 29.3 Å². The van der Waals surface area contributed by atoms with Crippen LogP contribution in [-0.4, -0.2) is 41.7 Å². The second kappa shape index (κ2) is 8.69. The van der Waals surface area contributed by atoms with Crippen LogP contribution in [0.25, 0.3) is 0 Å². The van der Waals surface area contributed by atoms with Gasteiger partial charge in [-0.25, -0.2) is 4.99 Å². The van der Waals surface area contributed by atoms with Crippen LogP contribution in [0.3, 0.4) is 0 Å². The minimum atomic E-state index is -0.241. The molecule has 0 saturated carbocycles. The smallest absolute Gasteiger partial charge is 0.194 e. The number of halogens is 2. The van der Waals surface area contributed by atoms with E-state index in [1.165, 1.54) is 0 Å². The van der Waals surface area contributed by atoms with E-state index in [1.54, 1.807) is 0 Å². The van der Waals surface area contributed by atoms with E-state index in [4.69, 9.17) is 11.6 Å². The van der Waals surface area contributed by atoms with E-state index in [-0.39, 0.29) is 30.1 Å². The maximum atomic E-state index is 9.60. The monoisotopic (exact) mass is 409 g/mol. The predicted molar refractivity (Wildman–Crippen MR) is 93.9 cm³/mol. The Morgan fingerprint density at radius 3 is 2.95 bits per heavy atom. The Labute approximate surface area is 142 Å². The second-order valence-electron chi connectivity index (χ2n) is 4.69. The van der Waals surface area contributed by atoms with Gasteiger partial charge in [-0.15, -0.1) is 24.0 Å². The number of aliphatic imine (C=N–C) groups is 1. The highest BCUT2D eigenvalue weighted by molar-refractivity contribution is 14.0. The standard InChI is InChI=1S/C14H20ClN3O.HI/c1-2-16-14(18-7-6-13(19)10-18)17-9-11-4-3-5-12(15)8-11;/h3-5,8,13,19H,2,6-7,9-10H2,1H3,(H,16,17);1H/t13-;/m1./s1. The summed E-state index contributed by atoms with van der Waals surface area (Å²) in [6.45, 7) is 4.96. The lowest BCUT2D eigenvalue weighted by Crippen LogP contribution is -2.40. The number of nitrogens with one attached hydrogen (secondary N) is 1. The summed E-state index contributed by atoms with van der Waals surface area (Å²) in [4.78, 5) is 6.70. The van der Waals surface area contributed by atoms with Crippen LogP contribution in [0.4, 0.5) is 0 Å². The number of nitrogens with zero attached hydrogens (tertiary/aromatic N) is 2. The van der Waals surface area contributed by atoms with E-state index in [0.717, 1.165) is 36.1 Å². The van der Waals surface area contributed by atoms with Gasteiger partial charge in [0, 0.05) is 24.7 Å². The van der Waals surface area contributed by atoms with Crippen LogP contribution in [0.1, 0.15) is 18.9 Å². The molecule has 4 nitrogen and oxygen atoms in total. The van der Waals surface area contributed by atoms with Crippen molar-refractivity contribution in [2.45, 2.75) is 26.0 Å². The molecule has 6 heteroatoms. The minimum absolute atomic E-state index is 0. The summed E-state index contributed by atoms with van der Waals surface area (Å²) in [7, 11) is 0. The predicted octanol–water partition coefficient (Wildman–Crippen LogP) is 2.49. The summed E-state index contributed by atoms with van der Waals surface area (Å²) in [5.41, 5.74) is 1.09. The number of rotatable bonds is 3.